The molecule has 26 heavy (non-hydrogen) atoms. The minimum Gasteiger partial charge on any atom is -0.393 e. The summed E-state index contributed by atoms with van der Waals surface area (Å²) in [5.74, 6) is 10.9. The first-order valence-electron chi connectivity index (χ1n) is 11.3. The van der Waals surface area contributed by atoms with Gasteiger partial charge in [-0.2, -0.15) is 0 Å². The van der Waals surface area contributed by atoms with Gasteiger partial charge >= 0.3 is 0 Å². The van der Waals surface area contributed by atoms with E-state index in [1.807, 2.05) is 0 Å². The van der Waals surface area contributed by atoms with E-state index in [4.69, 9.17) is 0 Å². The van der Waals surface area contributed by atoms with Crippen molar-refractivity contribution in [2.24, 2.45) is 40.4 Å². The average Bonchev–Trinajstić information content (AvgIpc) is 2.97. The molecule has 8 atom stereocenters. The van der Waals surface area contributed by atoms with Crippen LogP contribution in [0, 0.1) is 52.3 Å². The van der Waals surface area contributed by atoms with E-state index < -0.39 is 0 Å². The second-order valence-corrected chi connectivity index (χ2v) is 10.3. The molecule has 4 rings (SSSR count). The van der Waals surface area contributed by atoms with Gasteiger partial charge in [0.1, 0.15) is 0 Å². The summed E-state index contributed by atoms with van der Waals surface area (Å²) in [6, 6.07) is 0. The van der Waals surface area contributed by atoms with Gasteiger partial charge in [-0.3, -0.25) is 0 Å². The fourth-order valence-electron chi connectivity index (χ4n) is 7.87. The second kappa shape index (κ2) is 6.70. The van der Waals surface area contributed by atoms with E-state index in [1.165, 1.54) is 38.5 Å². The van der Waals surface area contributed by atoms with Crippen molar-refractivity contribution in [3.8, 4) is 11.8 Å². The molecule has 0 heterocycles. The Morgan fingerprint density at radius 3 is 2.73 bits per heavy atom. The fourth-order valence-corrected chi connectivity index (χ4v) is 7.87. The van der Waals surface area contributed by atoms with Gasteiger partial charge in [0.2, 0.25) is 0 Å². The number of rotatable bonds is 1. The standard InChI is InChI=1S/C25H38O/c1-5-6-7-17(2)21-10-11-22-20-9-8-18-16-19(26)12-14-24(18,3)23(20)13-15-25(21,22)4/h8,17,19-23,26H,5,9-16H2,1-4H3/t17-,19+,20?,21-,22?,23?,24+,25-/m1/s1. The van der Waals surface area contributed by atoms with Crippen LogP contribution in [0.5, 0.6) is 0 Å². The van der Waals surface area contributed by atoms with E-state index in [2.05, 4.69) is 45.6 Å². The van der Waals surface area contributed by atoms with E-state index in [0.29, 0.717) is 16.7 Å². The molecule has 0 aliphatic heterocycles. The lowest BCUT2D eigenvalue weighted by Crippen LogP contribution is -2.50. The van der Waals surface area contributed by atoms with Crippen molar-refractivity contribution in [1.82, 2.24) is 0 Å². The van der Waals surface area contributed by atoms with Gasteiger partial charge in [0.25, 0.3) is 0 Å². The quantitative estimate of drug-likeness (QED) is 0.454. The topological polar surface area (TPSA) is 20.2 Å². The molecule has 1 heteroatoms. The van der Waals surface area contributed by atoms with Crippen LogP contribution >= 0.6 is 0 Å². The zero-order valence-electron chi connectivity index (χ0n) is 17.4. The van der Waals surface area contributed by atoms with E-state index in [1.54, 1.807) is 5.57 Å². The van der Waals surface area contributed by atoms with Gasteiger partial charge in [0.05, 0.1) is 6.10 Å². The summed E-state index contributed by atoms with van der Waals surface area (Å²) in [6.07, 6.45) is 13.5. The van der Waals surface area contributed by atoms with Gasteiger partial charge in [-0.05, 0) is 85.9 Å². The fraction of sp³-hybridized carbons (Fsp3) is 0.840. The first-order valence-corrected chi connectivity index (χ1v) is 11.3. The summed E-state index contributed by atoms with van der Waals surface area (Å²) >= 11 is 0. The predicted molar refractivity (Wildman–Crippen MR) is 108 cm³/mol. The first-order chi connectivity index (χ1) is 12.4. The molecule has 4 aliphatic carbocycles. The summed E-state index contributed by atoms with van der Waals surface area (Å²) < 4.78 is 0. The zero-order chi connectivity index (χ0) is 18.5. The van der Waals surface area contributed by atoms with E-state index in [0.717, 1.165) is 42.9 Å². The summed E-state index contributed by atoms with van der Waals surface area (Å²) in [6.45, 7) is 9.70. The normalized spacial score (nSPS) is 48.3. The number of hydrogen-bond acceptors (Lipinski definition) is 1. The lowest BCUT2D eigenvalue weighted by atomic mass is 9.47. The first kappa shape index (κ1) is 18.6. The highest BCUT2D eigenvalue weighted by molar-refractivity contribution is 5.25. The SMILES string of the molecule is CCC#C[C@@H](C)[C@H]1CCC2C3CC=C4C[C@@H](O)CC[C@]4(C)C3CC[C@@]21C. The Hall–Kier alpha value is -0.740. The Morgan fingerprint density at radius 1 is 1.15 bits per heavy atom. The summed E-state index contributed by atoms with van der Waals surface area (Å²) in [5, 5.41) is 10.2. The van der Waals surface area contributed by atoms with Gasteiger partial charge in [-0.1, -0.05) is 45.3 Å². The molecular formula is C25H38O. The molecule has 0 amide bonds. The number of aliphatic hydroxyl groups is 1. The number of fused-ring (bicyclic) bond motifs is 5. The lowest BCUT2D eigenvalue weighted by molar-refractivity contribution is -0.0536. The van der Waals surface area contributed by atoms with Gasteiger partial charge < -0.3 is 5.11 Å². The lowest BCUT2D eigenvalue weighted by Gasteiger charge is -2.58. The van der Waals surface area contributed by atoms with E-state index in [9.17, 15) is 5.11 Å². The highest BCUT2D eigenvalue weighted by Crippen LogP contribution is 2.67. The van der Waals surface area contributed by atoms with Crippen molar-refractivity contribution >= 4 is 0 Å². The maximum absolute atomic E-state index is 10.2. The molecule has 144 valence electrons. The summed E-state index contributed by atoms with van der Waals surface area (Å²) in [7, 11) is 0. The number of allylic oxidation sites excluding steroid dienone is 1. The van der Waals surface area contributed by atoms with Crippen LogP contribution in [-0.4, -0.2) is 11.2 Å². The molecule has 1 nitrogen and oxygen atoms in total. The van der Waals surface area contributed by atoms with Crippen molar-refractivity contribution in [3.63, 3.8) is 0 Å². The van der Waals surface area contributed by atoms with E-state index in [-0.39, 0.29) is 6.10 Å². The Labute approximate surface area is 161 Å². The van der Waals surface area contributed by atoms with Gasteiger partial charge in [-0.15, -0.1) is 5.92 Å². The van der Waals surface area contributed by atoms with Crippen molar-refractivity contribution in [3.05, 3.63) is 11.6 Å². The molecule has 3 fully saturated rings. The molecule has 0 aromatic heterocycles. The molecule has 0 bridgehead atoms. The zero-order valence-corrected chi connectivity index (χ0v) is 17.4. The molecule has 0 aromatic carbocycles. The summed E-state index contributed by atoms with van der Waals surface area (Å²) in [5.41, 5.74) is 2.46. The maximum Gasteiger partial charge on any atom is 0.0577 e. The number of aliphatic hydroxyl groups excluding tert-OH is 1. The van der Waals surface area contributed by atoms with Gasteiger partial charge in [0.15, 0.2) is 0 Å². The van der Waals surface area contributed by atoms with Crippen LogP contribution in [0.3, 0.4) is 0 Å². The molecule has 0 saturated heterocycles. The Morgan fingerprint density at radius 2 is 1.96 bits per heavy atom. The molecule has 0 spiro atoms. The maximum atomic E-state index is 10.2. The van der Waals surface area contributed by atoms with Gasteiger partial charge in [-0.25, -0.2) is 0 Å². The smallest absolute Gasteiger partial charge is 0.0577 e. The minimum absolute atomic E-state index is 0.0893. The average molecular weight is 355 g/mol. The van der Waals surface area contributed by atoms with Crippen LogP contribution < -0.4 is 0 Å². The molecule has 4 aliphatic rings. The molecule has 3 unspecified atom stereocenters. The van der Waals surface area contributed by atoms with Crippen LogP contribution in [0.15, 0.2) is 11.6 Å². The third kappa shape index (κ3) is 2.71. The Kier molecular flexibility index (Phi) is 4.80. The molecule has 3 saturated carbocycles. The molecule has 0 radical (unpaired) electrons. The van der Waals surface area contributed by atoms with Crippen LogP contribution in [0.1, 0.15) is 85.5 Å². The monoisotopic (exact) mass is 354 g/mol. The predicted octanol–water partition coefficient (Wildman–Crippen LogP) is 5.98. The van der Waals surface area contributed by atoms with E-state index >= 15 is 0 Å². The molecule has 0 aromatic rings. The van der Waals surface area contributed by atoms with Crippen molar-refractivity contribution in [1.29, 1.82) is 0 Å². The highest BCUT2D eigenvalue weighted by Gasteiger charge is 2.59. The highest BCUT2D eigenvalue weighted by atomic mass is 16.3. The van der Waals surface area contributed by atoms with Crippen molar-refractivity contribution in [2.45, 2.75) is 91.6 Å². The third-order valence-corrected chi connectivity index (χ3v) is 9.26. The molecule has 1 N–H and O–H groups in total. The van der Waals surface area contributed by atoms with Crippen molar-refractivity contribution < 1.29 is 5.11 Å². The molecular weight excluding hydrogens is 316 g/mol. The van der Waals surface area contributed by atoms with Crippen LogP contribution in [-0.2, 0) is 0 Å². The Balaban J connectivity index is 1.60. The largest absolute Gasteiger partial charge is 0.393 e. The second-order valence-electron chi connectivity index (χ2n) is 10.3. The van der Waals surface area contributed by atoms with Crippen molar-refractivity contribution in [2.75, 3.05) is 0 Å². The minimum atomic E-state index is -0.0893. The Bertz CT molecular complexity index is 636. The summed E-state index contributed by atoms with van der Waals surface area (Å²) in [4.78, 5) is 0. The number of hydrogen-bond donors (Lipinski definition) is 1. The van der Waals surface area contributed by atoms with Crippen LogP contribution in [0.25, 0.3) is 0 Å². The van der Waals surface area contributed by atoms with Crippen LogP contribution in [0.4, 0.5) is 0 Å². The van der Waals surface area contributed by atoms with Crippen LogP contribution in [0.2, 0.25) is 0 Å². The third-order valence-electron chi connectivity index (χ3n) is 9.26. The van der Waals surface area contributed by atoms with Gasteiger partial charge in [0, 0.05) is 12.3 Å².